The molecule has 1 unspecified atom stereocenters. The minimum absolute atomic E-state index is 0.331. The molecule has 7 nitrogen and oxygen atoms in total. The van der Waals surface area contributed by atoms with Crippen molar-refractivity contribution in [3.63, 3.8) is 0 Å². The number of piperidine rings is 1. The molecule has 1 aliphatic rings. The smallest absolute Gasteiger partial charge is 0.178 e. The standard InChI is InChI=1S/C15H23N5O2S/c1-11-14(17-10-16-11)9-20-5-3-4-12(8-20)6-13-15(7-18-19-13)23(2,21)22/h7,10,12H,3-6,8-9H2,1-2H3,(H,16,17)(H,18,19). The van der Waals surface area contributed by atoms with E-state index in [4.69, 9.17) is 0 Å². The second kappa shape index (κ2) is 6.45. The number of hydrogen-bond donors (Lipinski definition) is 2. The summed E-state index contributed by atoms with van der Waals surface area (Å²) in [6.07, 6.45) is 7.33. The molecule has 0 aromatic carbocycles. The first kappa shape index (κ1) is 16.2. The number of nitrogens with zero attached hydrogens (tertiary/aromatic N) is 3. The molecule has 0 spiro atoms. The lowest BCUT2D eigenvalue weighted by Gasteiger charge is -2.32. The van der Waals surface area contributed by atoms with E-state index in [1.165, 1.54) is 12.5 Å². The largest absolute Gasteiger partial charge is 0.348 e. The normalized spacial score (nSPS) is 20.0. The Morgan fingerprint density at radius 2 is 2.26 bits per heavy atom. The third kappa shape index (κ3) is 3.81. The molecular weight excluding hydrogens is 314 g/mol. The molecule has 3 rings (SSSR count). The summed E-state index contributed by atoms with van der Waals surface area (Å²) in [4.78, 5) is 10.2. The fourth-order valence-electron chi connectivity index (χ4n) is 3.28. The number of rotatable bonds is 5. The predicted octanol–water partition coefficient (Wildman–Crippen LogP) is 1.30. The van der Waals surface area contributed by atoms with E-state index in [2.05, 4.69) is 25.1 Å². The molecule has 0 aliphatic carbocycles. The van der Waals surface area contributed by atoms with E-state index in [0.29, 0.717) is 10.8 Å². The first-order valence-corrected chi connectivity index (χ1v) is 9.76. The highest BCUT2D eigenvalue weighted by atomic mass is 32.2. The average Bonchev–Trinajstić information content (AvgIpc) is 3.09. The Morgan fingerprint density at radius 1 is 1.43 bits per heavy atom. The topological polar surface area (TPSA) is 94.7 Å². The molecule has 23 heavy (non-hydrogen) atoms. The van der Waals surface area contributed by atoms with Crippen molar-refractivity contribution in [2.45, 2.75) is 37.6 Å². The van der Waals surface area contributed by atoms with Crippen LogP contribution in [0.3, 0.4) is 0 Å². The van der Waals surface area contributed by atoms with Crippen molar-refractivity contribution in [2.75, 3.05) is 19.3 Å². The van der Waals surface area contributed by atoms with Crippen LogP contribution >= 0.6 is 0 Å². The zero-order valence-corrected chi connectivity index (χ0v) is 14.4. The molecule has 1 atom stereocenters. The summed E-state index contributed by atoms with van der Waals surface area (Å²) in [6, 6.07) is 0. The van der Waals surface area contributed by atoms with Crippen molar-refractivity contribution in [3.8, 4) is 0 Å². The van der Waals surface area contributed by atoms with Gasteiger partial charge in [-0.1, -0.05) is 0 Å². The SMILES string of the molecule is Cc1[nH]cnc1CN1CCCC(Cc2[nH]ncc2S(C)(=O)=O)C1. The van der Waals surface area contributed by atoms with Crippen LogP contribution in [0.15, 0.2) is 17.4 Å². The third-order valence-corrected chi connectivity index (χ3v) is 5.63. The first-order chi connectivity index (χ1) is 10.9. The lowest BCUT2D eigenvalue weighted by Crippen LogP contribution is -2.36. The number of imidazole rings is 1. The number of aryl methyl sites for hydroxylation is 1. The number of sulfone groups is 1. The van der Waals surface area contributed by atoms with E-state index < -0.39 is 9.84 Å². The Bertz CT molecular complexity index is 764. The summed E-state index contributed by atoms with van der Waals surface area (Å²) in [7, 11) is -3.22. The van der Waals surface area contributed by atoms with Gasteiger partial charge in [0.1, 0.15) is 4.90 Å². The molecule has 0 bridgehead atoms. The lowest BCUT2D eigenvalue weighted by molar-refractivity contribution is 0.164. The van der Waals surface area contributed by atoms with Crippen molar-refractivity contribution in [2.24, 2.45) is 5.92 Å². The Kier molecular flexibility index (Phi) is 4.54. The molecule has 0 saturated carbocycles. The molecule has 0 radical (unpaired) electrons. The summed E-state index contributed by atoms with van der Waals surface area (Å²) >= 11 is 0. The highest BCUT2D eigenvalue weighted by molar-refractivity contribution is 7.90. The molecule has 2 aromatic heterocycles. The van der Waals surface area contributed by atoms with Crippen LogP contribution in [0.4, 0.5) is 0 Å². The zero-order chi connectivity index (χ0) is 16.4. The maximum absolute atomic E-state index is 11.8. The second-order valence-electron chi connectivity index (χ2n) is 6.41. The van der Waals surface area contributed by atoms with Gasteiger partial charge in [-0.25, -0.2) is 13.4 Å². The van der Waals surface area contributed by atoms with Gasteiger partial charge in [0.05, 0.1) is 23.9 Å². The van der Waals surface area contributed by atoms with Crippen LogP contribution in [0.2, 0.25) is 0 Å². The molecule has 0 amide bonds. The minimum atomic E-state index is -3.22. The summed E-state index contributed by atoms with van der Waals surface area (Å²) in [5.74, 6) is 0.434. The Labute approximate surface area is 136 Å². The highest BCUT2D eigenvalue weighted by Crippen LogP contribution is 2.24. The molecule has 1 fully saturated rings. The van der Waals surface area contributed by atoms with E-state index in [0.717, 1.165) is 56.0 Å². The Morgan fingerprint density at radius 3 is 2.96 bits per heavy atom. The molecule has 2 N–H and O–H groups in total. The van der Waals surface area contributed by atoms with E-state index in [9.17, 15) is 8.42 Å². The summed E-state index contributed by atoms with van der Waals surface area (Å²) < 4.78 is 23.6. The van der Waals surface area contributed by atoms with Crippen LogP contribution in [-0.4, -0.2) is 52.8 Å². The van der Waals surface area contributed by atoms with Crippen LogP contribution in [0, 0.1) is 12.8 Å². The van der Waals surface area contributed by atoms with Crippen LogP contribution in [0.5, 0.6) is 0 Å². The van der Waals surface area contributed by atoms with Crippen molar-refractivity contribution in [1.29, 1.82) is 0 Å². The number of H-pyrrole nitrogens is 2. The van der Waals surface area contributed by atoms with Gasteiger partial charge in [0.25, 0.3) is 0 Å². The van der Waals surface area contributed by atoms with Crippen LogP contribution in [-0.2, 0) is 22.8 Å². The van der Waals surface area contributed by atoms with Crippen molar-refractivity contribution >= 4 is 9.84 Å². The van der Waals surface area contributed by atoms with E-state index in [-0.39, 0.29) is 0 Å². The molecule has 2 aromatic rings. The van der Waals surface area contributed by atoms with Crippen molar-refractivity contribution in [1.82, 2.24) is 25.1 Å². The van der Waals surface area contributed by atoms with Gasteiger partial charge in [-0.3, -0.25) is 10.00 Å². The first-order valence-electron chi connectivity index (χ1n) is 7.87. The summed E-state index contributed by atoms with van der Waals surface area (Å²) in [6.45, 7) is 4.89. The number of likely N-dealkylation sites (tertiary alicyclic amines) is 1. The van der Waals surface area contributed by atoms with Crippen molar-refractivity contribution < 1.29 is 8.42 Å². The van der Waals surface area contributed by atoms with Gasteiger partial charge in [-0.05, 0) is 38.6 Å². The minimum Gasteiger partial charge on any atom is -0.348 e. The highest BCUT2D eigenvalue weighted by Gasteiger charge is 2.24. The lowest BCUT2D eigenvalue weighted by atomic mass is 9.93. The molecule has 1 aliphatic heterocycles. The number of nitrogens with one attached hydrogen (secondary N) is 2. The molecule has 1 saturated heterocycles. The number of aromatic nitrogens is 4. The van der Waals surface area contributed by atoms with Crippen LogP contribution in [0.25, 0.3) is 0 Å². The summed E-state index contributed by atoms with van der Waals surface area (Å²) in [5, 5.41) is 6.78. The molecule has 8 heteroatoms. The third-order valence-electron chi connectivity index (χ3n) is 4.48. The molecule has 126 valence electrons. The second-order valence-corrected chi connectivity index (χ2v) is 8.39. The monoisotopic (exact) mass is 337 g/mol. The van der Waals surface area contributed by atoms with E-state index >= 15 is 0 Å². The molecule has 3 heterocycles. The average molecular weight is 337 g/mol. The van der Waals surface area contributed by atoms with Gasteiger partial charge in [-0.15, -0.1) is 0 Å². The Hall–Kier alpha value is -1.67. The van der Waals surface area contributed by atoms with Gasteiger partial charge in [-0.2, -0.15) is 5.10 Å². The Balaban J connectivity index is 1.65. The van der Waals surface area contributed by atoms with Gasteiger partial charge in [0.15, 0.2) is 9.84 Å². The summed E-state index contributed by atoms with van der Waals surface area (Å²) in [5.41, 5.74) is 2.93. The fraction of sp³-hybridized carbons (Fsp3) is 0.600. The van der Waals surface area contributed by atoms with E-state index in [1.54, 1.807) is 6.33 Å². The maximum atomic E-state index is 11.8. The van der Waals surface area contributed by atoms with Crippen LogP contribution in [0.1, 0.15) is 29.9 Å². The molecular formula is C15H23N5O2S. The van der Waals surface area contributed by atoms with Crippen LogP contribution < -0.4 is 0 Å². The number of aromatic amines is 2. The zero-order valence-electron chi connectivity index (χ0n) is 13.5. The van der Waals surface area contributed by atoms with Gasteiger partial charge >= 0.3 is 0 Å². The fourth-order valence-corrected chi connectivity index (χ4v) is 4.10. The van der Waals surface area contributed by atoms with Gasteiger partial charge in [0, 0.05) is 25.0 Å². The van der Waals surface area contributed by atoms with Gasteiger partial charge in [0.2, 0.25) is 0 Å². The maximum Gasteiger partial charge on any atom is 0.178 e. The van der Waals surface area contributed by atoms with Crippen molar-refractivity contribution in [3.05, 3.63) is 29.6 Å². The number of hydrogen-bond acceptors (Lipinski definition) is 5. The quantitative estimate of drug-likeness (QED) is 0.857. The van der Waals surface area contributed by atoms with E-state index in [1.807, 2.05) is 6.92 Å². The predicted molar refractivity (Wildman–Crippen MR) is 86.7 cm³/mol. The van der Waals surface area contributed by atoms with Gasteiger partial charge < -0.3 is 4.98 Å².